The first kappa shape index (κ1) is 28.4. The second kappa shape index (κ2) is 11.2. The van der Waals surface area contributed by atoms with Gasteiger partial charge in [-0.15, -0.1) is 10.2 Å². The van der Waals surface area contributed by atoms with Crippen LogP contribution < -0.4 is 4.72 Å². The number of nitro benzene ring substituents is 1. The second-order valence-corrected chi connectivity index (χ2v) is 12.6. The molecule has 0 spiro atoms. The highest BCUT2D eigenvalue weighted by molar-refractivity contribution is 7.98. The van der Waals surface area contributed by atoms with Gasteiger partial charge < -0.3 is 0 Å². The molecular formula is C27H28FN5O4S2. The maximum atomic E-state index is 13.3. The molecule has 4 aromatic rings. The first-order valence-electron chi connectivity index (χ1n) is 12.1. The summed E-state index contributed by atoms with van der Waals surface area (Å²) in [6, 6.07) is 17.8. The van der Waals surface area contributed by atoms with Crippen molar-refractivity contribution in [2.24, 2.45) is 0 Å². The lowest BCUT2D eigenvalue weighted by molar-refractivity contribution is -0.384. The summed E-state index contributed by atoms with van der Waals surface area (Å²) in [6.45, 7) is 7.80. The van der Waals surface area contributed by atoms with Crippen LogP contribution in [0.1, 0.15) is 50.7 Å². The first-order chi connectivity index (χ1) is 18.3. The van der Waals surface area contributed by atoms with E-state index in [0.29, 0.717) is 22.4 Å². The fraction of sp³-hybridized carbons (Fsp3) is 0.259. The van der Waals surface area contributed by atoms with Gasteiger partial charge in [0.25, 0.3) is 5.69 Å². The molecule has 0 fully saturated rings. The molecule has 0 saturated heterocycles. The molecule has 0 amide bonds. The third-order valence-electron chi connectivity index (χ3n) is 6.01. The normalized spacial score (nSPS) is 12.8. The van der Waals surface area contributed by atoms with Crippen molar-refractivity contribution < 1.29 is 17.7 Å². The van der Waals surface area contributed by atoms with Crippen molar-refractivity contribution in [2.75, 3.05) is 0 Å². The second-order valence-electron chi connectivity index (χ2n) is 9.98. The molecule has 1 atom stereocenters. The maximum absolute atomic E-state index is 13.3. The van der Waals surface area contributed by atoms with Crippen LogP contribution in [0.3, 0.4) is 0 Å². The molecule has 12 heteroatoms. The number of nitrogens with zero attached hydrogens (tertiary/aromatic N) is 4. The Morgan fingerprint density at radius 3 is 2.18 bits per heavy atom. The summed E-state index contributed by atoms with van der Waals surface area (Å²) in [5.41, 5.74) is 2.19. The number of nitro groups is 1. The van der Waals surface area contributed by atoms with Crippen LogP contribution >= 0.6 is 11.8 Å². The lowest BCUT2D eigenvalue weighted by Crippen LogP contribution is -2.29. The molecule has 0 aliphatic heterocycles. The van der Waals surface area contributed by atoms with Crippen molar-refractivity contribution in [1.82, 2.24) is 19.5 Å². The number of benzene rings is 3. The van der Waals surface area contributed by atoms with E-state index in [1.54, 1.807) is 60.0 Å². The number of aromatic nitrogens is 3. The number of halogens is 1. The quantitative estimate of drug-likeness (QED) is 0.150. The number of sulfonamides is 1. The van der Waals surface area contributed by atoms with Gasteiger partial charge in [-0.25, -0.2) is 17.5 Å². The van der Waals surface area contributed by atoms with E-state index in [-0.39, 0.29) is 21.8 Å². The minimum Gasteiger partial charge on any atom is -0.273 e. The van der Waals surface area contributed by atoms with Gasteiger partial charge in [-0.2, -0.15) is 0 Å². The average Bonchev–Trinajstić information content (AvgIpc) is 3.32. The summed E-state index contributed by atoms with van der Waals surface area (Å²) < 4.78 is 44.1. The van der Waals surface area contributed by atoms with E-state index in [0.717, 1.165) is 11.1 Å². The van der Waals surface area contributed by atoms with Crippen LogP contribution in [0.25, 0.3) is 5.69 Å². The van der Waals surface area contributed by atoms with E-state index in [1.165, 1.54) is 36.0 Å². The molecule has 1 aromatic heterocycles. The van der Waals surface area contributed by atoms with Crippen molar-refractivity contribution in [2.45, 2.75) is 55.0 Å². The van der Waals surface area contributed by atoms with E-state index < -0.39 is 21.0 Å². The molecule has 3 aromatic carbocycles. The topological polar surface area (TPSA) is 120 Å². The van der Waals surface area contributed by atoms with Gasteiger partial charge in [-0.05, 0) is 59.9 Å². The highest BCUT2D eigenvalue weighted by atomic mass is 32.2. The van der Waals surface area contributed by atoms with E-state index in [4.69, 9.17) is 0 Å². The molecular weight excluding hydrogens is 541 g/mol. The van der Waals surface area contributed by atoms with Crippen molar-refractivity contribution in [3.05, 3.63) is 106 Å². The molecule has 0 aliphatic carbocycles. The highest BCUT2D eigenvalue weighted by Crippen LogP contribution is 2.30. The zero-order valence-corrected chi connectivity index (χ0v) is 23.5. The summed E-state index contributed by atoms with van der Waals surface area (Å²) in [5, 5.41) is 20.2. The molecule has 1 heterocycles. The predicted molar refractivity (Wildman–Crippen MR) is 148 cm³/mol. The van der Waals surface area contributed by atoms with E-state index >= 15 is 0 Å². The highest BCUT2D eigenvalue weighted by Gasteiger charge is 2.25. The molecule has 9 nitrogen and oxygen atoms in total. The SMILES string of the molecule is CC(NS(=O)(=O)c1ccc(C(C)(C)C)cc1)c1nnc(SCc2ccc(F)cc2)n1-c1ccc([N+](=O)[O-])cc1. The summed E-state index contributed by atoms with van der Waals surface area (Å²) in [7, 11) is -3.90. The molecule has 1 unspecified atom stereocenters. The lowest BCUT2D eigenvalue weighted by Gasteiger charge is -2.20. The summed E-state index contributed by atoms with van der Waals surface area (Å²) in [4.78, 5) is 10.8. The van der Waals surface area contributed by atoms with Gasteiger partial charge in [-0.1, -0.05) is 56.8 Å². The van der Waals surface area contributed by atoms with Crippen molar-refractivity contribution in [1.29, 1.82) is 0 Å². The number of hydrogen-bond acceptors (Lipinski definition) is 7. The van der Waals surface area contributed by atoms with Gasteiger partial charge in [0, 0.05) is 23.6 Å². The maximum Gasteiger partial charge on any atom is 0.269 e. The number of thioether (sulfide) groups is 1. The van der Waals surface area contributed by atoms with Gasteiger partial charge >= 0.3 is 0 Å². The van der Waals surface area contributed by atoms with Crippen molar-refractivity contribution in [3.63, 3.8) is 0 Å². The predicted octanol–water partition coefficient (Wildman–Crippen LogP) is 5.94. The van der Waals surface area contributed by atoms with Gasteiger partial charge in [0.2, 0.25) is 10.0 Å². The lowest BCUT2D eigenvalue weighted by atomic mass is 9.87. The Morgan fingerprint density at radius 1 is 1.00 bits per heavy atom. The van der Waals surface area contributed by atoms with Crippen LogP contribution in [-0.4, -0.2) is 28.1 Å². The minimum absolute atomic E-state index is 0.0821. The minimum atomic E-state index is -3.90. The Balaban J connectivity index is 1.65. The molecule has 0 radical (unpaired) electrons. The molecule has 204 valence electrons. The molecule has 4 rings (SSSR count). The third-order valence-corrected chi connectivity index (χ3v) is 8.56. The fourth-order valence-electron chi connectivity index (χ4n) is 3.84. The van der Waals surface area contributed by atoms with Crippen molar-refractivity contribution >= 4 is 27.5 Å². The molecule has 1 N–H and O–H groups in total. The largest absolute Gasteiger partial charge is 0.273 e. The average molecular weight is 570 g/mol. The zero-order valence-electron chi connectivity index (χ0n) is 21.8. The monoisotopic (exact) mass is 569 g/mol. The van der Waals surface area contributed by atoms with Gasteiger partial charge in [0.15, 0.2) is 11.0 Å². The van der Waals surface area contributed by atoms with Gasteiger partial charge in [0.05, 0.1) is 15.9 Å². The molecule has 0 aliphatic rings. The number of non-ortho nitro benzene ring substituents is 1. The van der Waals surface area contributed by atoms with Gasteiger partial charge in [-0.3, -0.25) is 14.7 Å². The Morgan fingerprint density at radius 2 is 1.62 bits per heavy atom. The number of hydrogen-bond donors (Lipinski definition) is 1. The standard InChI is InChI=1S/C27H28FN5O4S2/c1-18(31-39(36,37)24-15-7-20(8-16-24)27(2,3)4)25-29-30-26(38-17-19-5-9-21(28)10-6-19)32(25)22-11-13-23(14-12-22)33(34)35/h5-16,18,31H,17H2,1-4H3. The Hall–Kier alpha value is -3.61. The Labute approximate surface area is 230 Å². The smallest absolute Gasteiger partial charge is 0.269 e. The fourth-order valence-corrected chi connectivity index (χ4v) is 5.95. The van der Waals surface area contributed by atoms with Crippen molar-refractivity contribution in [3.8, 4) is 5.69 Å². The van der Waals surface area contributed by atoms with Crippen LogP contribution in [0, 0.1) is 15.9 Å². The van der Waals surface area contributed by atoms with E-state index in [9.17, 15) is 22.9 Å². The van der Waals surface area contributed by atoms with Crippen LogP contribution in [0.5, 0.6) is 0 Å². The van der Waals surface area contributed by atoms with E-state index in [1.807, 2.05) is 20.8 Å². The molecule has 0 bridgehead atoms. The van der Waals surface area contributed by atoms with Crippen LogP contribution in [-0.2, 0) is 21.2 Å². The number of nitrogens with one attached hydrogen (secondary N) is 1. The first-order valence-corrected chi connectivity index (χ1v) is 14.5. The number of rotatable bonds is 9. The van der Waals surface area contributed by atoms with Crippen LogP contribution in [0.4, 0.5) is 10.1 Å². The summed E-state index contributed by atoms with van der Waals surface area (Å²) in [5.74, 6) is 0.417. The Bertz CT molecular complexity index is 1560. The van der Waals surface area contributed by atoms with Crippen LogP contribution in [0.15, 0.2) is 82.8 Å². The summed E-state index contributed by atoms with van der Waals surface area (Å²) in [6.07, 6.45) is 0. The molecule has 0 saturated carbocycles. The zero-order chi connectivity index (χ0) is 28.4. The van der Waals surface area contributed by atoms with E-state index in [2.05, 4.69) is 14.9 Å². The Kier molecular flexibility index (Phi) is 8.19. The molecule has 39 heavy (non-hydrogen) atoms. The van der Waals surface area contributed by atoms with Crippen LogP contribution in [0.2, 0.25) is 0 Å². The van der Waals surface area contributed by atoms with Gasteiger partial charge in [0.1, 0.15) is 5.82 Å². The summed E-state index contributed by atoms with van der Waals surface area (Å²) >= 11 is 1.32. The third kappa shape index (κ3) is 6.70.